The molecule has 0 saturated carbocycles. The third kappa shape index (κ3) is 7.81. The number of halogens is 1. The van der Waals surface area contributed by atoms with Gasteiger partial charge in [0, 0.05) is 16.4 Å². The number of carbonyl (C=O) groups excluding carboxylic acids is 3. The number of ether oxygens (including phenoxy) is 2. The first kappa shape index (κ1) is 27.2. The van der Waals surface area contributed by atoms with Crippen molar-refractivity contribution in [2.75, 3.05) is 24.4 Å². The van der Waals surface area contributed by atoms with Crippen molar-refractivity contribution in [1.29, 1.82) is 0 Å². The molecule has 9 nitrogen and oxygen atoms in total. The molecule has 0 heterocycles. The summed E-state index contributed by atoms with van der Waals surface area (Å²) in [4.78, 5) is 36.5. The molecule has 3 N–H and O–H groups in total. The van der Waals surface area contributed by atoms with Crippen LogP contribution in [0.2, 0.25) is 5.02 Å². The molecule has 10 heteroatoms. The van der Waals surface area contributed by atoms with E-state index < -0.39 is 11.8 Å². The van der Waals surface area contributed by atoms with Crippen molar-refractivity contribution in [2.24, 2.45) is 5.10 Å². The van der Waals surface area contributed by atoms with Gasteiger partial charge in [0.05, 0.1) is 13.3 Å². The van der Waals surface area contributed by atoms with Crippen LogP contribution in [0.25, 0.3) is 0 Å². The molecule has 3 aromatic rings. The van der Waals surface area contributed by atoms with Crippen LogP contribution >= 0.6 is 11.6 Å². The summed E-state index contributed by atoms with van der Waals surface area (Å²) in [6.45, 7) is 3.58. The van der Waals surface area contributed by atoms with E-state index in [0.717, 1.165) is 11.1 Å². The van der Waals surface area contributed by atoms with Crippen LogP contribution in [0.3, 0.4) is 0 Å². The van der Waals surface area contributed by atoms with E-state index in [4.69, 9.17) is 21.1 Å². The largest absolute Gasteiger partial charge is 0.493 e. The van der Waals surface area contributed by atoms with Crippen LogP contribution < -0.4 is 25.5 Å². The first-order valence-electron chi connectivity index (χ1n) is 11.4. The Hall–Kier alpha value is -4.37. The van der Waals surface area contributed by atoms with Gasteiger partial charge in [0.25, 0.3) is 5.91 Å². The lowest BCUT2D eigenvalue weighted by molar-refractivity contribution is -0.136. The van der Waals surface area contributed by atoms with Gasteiger partial charge in [-0.05, 0) is 66.4 Å². The molecule has 37 heavy (non-hydrogen) atoms. The number of hydrogen-bond donors (Lipinski definition) is 3. The van der Waals surface area contributed by atoms with Crippen LogP contribution in [0.15, 0.2) is 65.8 Å². The number of hydrazone groups is 1. The highest BCUT2D eigenvalue weighted by atomic mass is 35.5. The summed E-state index contributed by atoms with van der Waals surface area (Å²) in [5, 5.41) is 9.68. The van der Waals surface area contributed by atoms with E-state index in [0.29, 0.717) is 39.9 Å². The first-order valence-corrected chi connectivity index (χ1v) is 11.8. The zero-order valence-corrected chi connectivity index (χ0v) is 21.4. The predicted octanol–water partition coefficient (Wildman–Crippen LogP) is 4.33. The maximum atomic E-state index is 12.2. The number of hydrogen-bond acceptors (Lipinski definition) is 6. The second kappa shape index (κ2) is 13.1. The minimum atomic E-state index is -0.907. The zero-order chi connectivity index (χ0) is 26.8. The minimum absolute atomic E-state index is 0.248. The van der Waals surface area contributed by atoms with Crippen molar-refractivity contribution in [2.45, 2.75) is 20.3 Å². The Bertz CT molecular complexity index is 1330. The molecule has 3 amide bonds. The summed E-state index contributed by atoms with van der Waals surface area (Å²) in [6.07, 6.45) is 2.06. The van der Waals surface area contributed by atoms with Crippen molar-refractivity contribution >= 4 is 46.9 Å². The monoisotopic (exact) mass is 522 g/mol. The molecule has 0 spiro atoms. The molecule has 0 aliphatic rings. The lowest BCUT2D eigenvalue weighted by atomic mass is 10.1. The molecular weight excluding hydrogens is 496 g/mol. The van der Waals surface area contributed by atoms with Crippen molar-refractivity contribution in [1.82, 2.24) is 5.43 Å². The number of methoxy groups -OCH3 is 1. The minimum Gasteiger partial charge on any atom is -0.493 e. The highest BCUT2D eigenvalue weighted by Gasteiger charge is 2.14. The maximum absolute atomic E-state index is 12.2. The van der Waals surface area contributed by atoms with Crippen LogP contribution in [-0.4, -0.2) is 37.7 Å². The molecule has 0 radical (unpaired) electrons. The van der Waals surface area contributed by atoms with E-state index in [1.54, 1.807) is 42.5 Å². The number of aryl methyl sites for hydroxylation is 2. The number of benzene rings is 3. The maximum Gasteiger partial charge on any atom is 0.329 e. The van der Waals surface area contributed by atoms with E-state index in [9.17, 15) is 14.4 Å². The predicted molar refractivity (Wildman–Crippen MR) is 143 cm³/mol. The molecule has 0 bridgehead atoms. The summed E-state index contributed by atoms with van der Waals surface area (Å²) in [6, 6.07) is 17.3. The van der Waals surface area contributed by atoms with Gasteiger partial charge in [0.15, 0.2) is 18.1 Å². The third-order valence-corrected chi connectivity index (χ3v) is 5.64. The van der Waals surface area contributed by atoms with Gasteiger partial charge in [-0.1, -0.05) is 42.8 Å². The van der Waals surface area contributed by atoms with Crippen molar-refractivity contribution < 1.29 is 23.9 Å². The number of carbonyl (C=O) groups is 3. The molecule has 0 fully saturated rings. The second-order valence-electron chi connectivity index (χ2n) is 7.88. The Labute approximate surface area is 219 Å². The third-order valence-electron chi connectivity index (χ3n) is 5.23. The fraction of sp³-hybridized carbons (Fsp3) is 0.185. The van der Waals surface area contributed by atoms with Crippen LogP contribution in [0.5, 0.6) is 11.5 Å². The normalized spacial score (nSPS) is 10.6. The van der Waals surface area contributed by atoms with Gasteiger partial charge in [-0.15, -0.1) is 0 Å². The summed E-state index contributed by atoms with van der Waals surface area (Å²) in [5.41, 5.74) is 5.73. The van der Waals surface area contributed by atoms with E-state index in [1.807, 2.05) is 32.0 Å². The van der Waals surface area contributed by atoms with Gasteiger partial charge in [0.1, 0.15) is 0 Å². The summed E-state index contributed by atoms with van der Waals surface area (Å²) < 4.78 is 10.9. The summed E-state index contributed by atoms with van der Waals surface area (Å²) >= 11 is 6.08. The van der Waals surface area contributed by atoms with E-state index >= 15 is 0 Å². The zero-order valence-electron chi connectivity index (χ0n) is 20.6. The van der Waals surface area contributed by atoms with Crippen molar-refractivity contribution in [3.8, 4) is 11.5 Å². The standard InChI is InChI=1S/C27H27ClN4O5/c1-4-19-7-5-6-8-22(19)31-26(34)27(35)32-29-15-18-10-12-23(24(13-18)36-3)37-16-25(33)30-20-11-9-17(2)21(28)14-20/h5-15H,4,16H2,1-3H3,(H,30,33)(H,31,34)(H,32,35)/b29-15-. The topological polar surface area (TPSA) is 118 Å². The number of nitrogens with zero attached hydrogens (tertiary/aromatic N) is 1. The molecule has 192 valence electrons. The Balaban J connectivity index is 1.54. The molecule has 0 atom stereocenters. The molecule has 3 rings (SSSR count). The van der Waals surface area contributed by atoms with Gasteiger partial charge >= 0.3 is 11.8 Å². The Morgan fingerprint density at radius 1 is 0.973 bits per heavy atom. The highest BCUT2D eigenvalue weighted by molar-refractivity contribution is 6.39. The van der Waals surface area contributed by atoms with Gasteiger partial charge in [0.2, 0.25) is 0 Å². The molecule has 0 saturated heterocycles. The number of para-hydroxylation sites is 1. The Kier molecular flexibility index (Phi) is 9.62. The van der Waals surface area contributed by atoms with Crippen LogP contribution in [-0.2, 0) is 20.8 Å². The Morgan fingerprint density at radius 2 is 1.76 bits per heavy atom. The van der Waals surface area contributed by atoms with Gasteiger partial charge < -0.3 is 20.1 Å². The van der Waals surface area contributed by atoms with Crippen LogP contribution in [0.4, 0.5) is 11.4 Å². The first-order chi connectivity index (χ1) is 17.8. The van der Waals surface area contributed by atoms with Gasteiger partial charge in [-0.25, -0.2) is 5.43 Å². The summed E-state index contributed by atoms with van der Waals surface area (Å²) in [7, 11) is 1.46. The molecule has 0 aliphatic heterocycles. The molecule has 0 aliphatic carbocycles. The second-order valence-corrected chi connectivity index (χ2v) is 8.28. The molecule has 0 unspecified atom stereocenters. The number of anilines is 2. The van der Waals surface area contributed by atoms with Crippen molar-refractivity contribution in [3.63, 3.8) is 0 Å². The lowest BCUT2D eigenvalue weighted by Gasteiger charge is -2.12. The lowest BCUT2D eigenvalue weighted by Crippen LogP contribution is -2.32. The molecule has 0 aromatic heterocycles. The van der Waals surface area contributed by atoms with Crippen LogP contribution in [0, 0.1) is 6.92 Å². The van der Waals surface area contributed by atoms with Crippen LogP contribution in [0.1, 0.15) is 23.6 Å². The van der Waals surface area contributed by atoms with Gasteiger partial charge in [-0.3, -0.25) is 14.4 Å². The number of amides is 3. The molecular formula is C27H27ClN4O5. The molecule has 3 aromatic carbocycles. The number of rotatable bonds is 9. The fourth-order valence-electron chi connectivity index (χ4n) is 3.24. The highest BCUT2D eigenvalue weighted by Crippen LogP contribution is 2.27. The Morgan fingerprint density at radius 3 is 2.49 bits per heavy atom. The SMILES string of the molecule is CCc1ccccc1NC(=O)C(=O)N/N=C\c1ccc(OCC(=O)Nc2ccc(C)c(Cl)c2)c(OC)c1. The van der Waals surface area contributed by atoms with Crippen molar-refractivity contribution in [3.05, 3.63) is 82.4 Å². The van der Waals surface area contributed by atoms with E-state index in [-0.39, 0.29) is 12.5 Å². The smallest absolute Gasteiger partial charge is 0.329 e. The van der Waals surface area contributed by atoms with Gasteiger partial charge in [-0.2, -0.15) is 5.10 Å². The van der Waals surface area contributed by atoms with E-state index in [2.05, 4.69) is 21.2 Å². The summed E-state index contributed by atoms with van der Waals surface area (Å²) in [5.74, 6) is -1.40. The average Bonchev–Trinajstić information content (AvgIpc) is 2.90. The number of nitrogens with one attached hydrogen (secondary N) is 3. The fourth-order valence-corrected chi connectivity index (χ4v) is 3.42. The van der Waals surface area contributed by atoms with E-state index in [1.165, 1.54) is 13.3 Å². The quantitative estimate of drug-likeness (QED) is 0.220. The average molecular weight is 523 g/mol.